The molecule has 0 N–H and O–H groups in total. The maximum atomic E-state index is 3.37. The average Bonchev–Trinajstić information content (AvgIpc) is 2.30. The second kappa shape index (κ2) is 5.00. The van der Waals surface area contributed by atoms with E-state index in [0.29, 0.717) is 0 Å². The first-order chi connectivity index (χ1) is 7.42. The highest BCUT2D eigenvalue weighted by Gasteiger charge is 1.95. The summed E-state index contributed by atoms with van der Waals surface area (Å²) in [5.41, 5.74) is 1.12. The van der Waals surface area contributed by atoms with E-state index in [0.717, 1.165) is 17.3 Å². The van der Waals surface area contributed by atoms with Gasteiger partial charge in [-0.1, -0.05) is 64.2 Å². The molecule has 0 nitrogen and oxygen atoms in total. The Balaban J connectivity index is 2.48. The van der Waals surface area contributed by atoms with Crippen LogP contribution in [-0.2, 0) is 0 Å². The average molecular weight is 259 g/mol. The summed E-state index contributed by atoms with van der Waals surface area (Å²) >= 11 is 3.37. The van der Waals surface area contributed by atoms with Gasteiger partial charge in [0.05, 0.1) is 0 Å². The van der Waals surface area contributed by atoms with Crippen LogP contribution in [0.15, 0.2) is 42.5 Å². The van der Waals surface area contributed by atoms with Gasteiger partial charge < -0.3 is 0 Å². The van der Waals surface area contributed by atoms with Crippen molar-refractivity contribution in [3.8, 4) is 11.8 Å². The lowest BCUT2D eigenvalue weighted by Crippen LogP contribution is -1.79. The van der Waals surface area contributed by atoms with Gasteiger partial charge >= 0.3 is 0 Å². The zero-order chi connectivity index (χ0) is 10.5. The molecule has 0 unspecified atom stereocenters. The van der Waals surface area contributed by atoms with Gasteiger partial charge in [0.1, 0.15) is 0 Å². The lowest BCUT2D eigenvalue weighted by Gasteiger charge is -1.98. The Kier molecular flexibility index (Phi) is 3.42. The zero-order valence-electron chi connectivity index (χ0n) is 8.33. The maximum Gasteiger partial charge on any atom is 0.0323 e. The fourth-order valence-electron chi connectivity index (χ4n) is 1.54. The number of halogens is 1. The number of hydrogen-bond donors (Lipinski definition) is 0. The third kappa shape index (κ3) is 2.40. The third-order valence-corrected chi connectivity index (χ3v) is 2.63. The number of rotatable bonds is 1. The largest absolute Gasteiger partial charge is 0.0970 e. The molecule has 0 radical (unpaired) electrons. The first-order valence-electron chi connectivity index (χ1n) is 4.94. The van der Waals surface area contributed by atoms with Crippen molar-refractivity contribution in [3.63, 3.8) is 0 Å². The van der Waals surface area contributed by atoms with Crippen LogP contribution in [0, 0.1) is 11.8 Å². The molecule has 0 aromatic heterocycles. The summed E-state index contributed by atoms with van der Waals surface area (Å²) in [7, 11) is 0. The van der Waals surface area contributed by atoms with Crippen molar-refractivity contribution in [2.45, 2.75) is 6.42 Å². The molecule has 2 aromatic rings. The Morgan fingerprint density at radius 1 is 1.00 bits per heavy atom. The van der Waals surface area contributed by atoms with Gasteiger partial charge in [0, 0.05) is 17.3 Å². The molecule has 2 rings (SSSR count). The summed E-state index contributed by atoms with van der Waals surface area (Å²) in [6, 6.07) is 14.6. The van der Waals surface area contributed by atoms with E-state index in [1.807, 2.05) is 0 Å². The van der Waals surface area contributed by atoms with E-state index in [1.165, 1.54) is 10.8 Å². The van der Waals surface area contributed by atoms with Crippen LogP contribution in [0.25, 0.3) is 10.8 Å². The molecule has 0 heterocycles. The molecule has 15 heavy (non-hydrogen) atoms. The molecule has 0 saturated heterocycles. The monoisotopic (exact) mass is 258 g/mol. The molecule has 1 heteroatoms. The number of alkyl halides is 1. The summed E-state index contributed by atoms with van der Waals surface area (Å²) < 4.78 is 0. The van der Waals surface area contributed by atoms with Gasteiger partial charge in [0.2, 0.25) is 0 Å². The van der Waals surface area contributed by atoms with E-state index < -0.39 is 0 Å². The SMILES string of the molecule is BrCCC#Cc1cccc2ccccc12. The van der Waals surface area contributed by atoms with Gasteiger partial charge in [-0.3, -0.25) is 0 Å². The van der Waals surface area contributed by atoms with Crippen molar-refractivity contribution in [1.29, 1.82) is 0 Å². The van der Waals surface area contributed by atoms with Gasteiger partial charge in [-0.15, -0.1) is 0 Å². The van der Waals surface area contributed by atoms with Crippen molar-refractivity contribution in [2.24, 2.45) is 0 Å². The Morgan fingerprint density at radius 3 is 2.67 bits per heavy atom. The van der Waals surface area contributed by atoms with Crippen molar-refractivity contribution in [1.82, 2.24) is 0 Å². The minimum Gasteiger partial charge on any atom is -0.0970 e. The molecule has 0 aliphatic rings. The summed E-state index contributed by atoms with van der Waals surface area (Å²) in [5.74, 6) is 6.36. The fraction of sp³-hybridized carbons (Fsp3) is 0.143. The second-order valence-corrected chi connectivity index (χ2v) is 4.06. The first kappa shape index (κ1) is 10.3. The predicted molar refractivity (Wildman–Crippen MR) is 69.2 cm³/mol. The van der Waals surface area contributed by atoms with Crippen LogP contribution >= 0.6 is 15.9 Å². The summed E-state index contributed by atoms with van der Waals surface area (Å²) in [5, 5.41) is 3.43. The highest BCUT2D eigenvalue weighted by Crippen LogP contribution is 2.17. The molecule has 0 aliphatic carbocycles. The molecular formula is C14H11Br. The van der Waals surface area contributed by atoms with E-state index in [2.05, 4.69) is 70.2 Å². The lowest BCUT2D eigenvalue weighted by molar-refractivity contribution is 1.32. The molecule has 0 amide bonds. The Hall–Kier alpha value is -1.26. The quantitative estimate of drug-likeness (QED) is 0.537. The molecule has 0 fully saturated rings. The smallest absolute Gasteiger partial charge is 0.0323 e. The molecule has 2 aromatic carbocycles. The van der Waals surface area contributed by atoms with Crippen molar-refractivity contribution in [3.05, 3.63) is 48.0 Å². The van der Waals surface area contributed by atoms with Crippen LogP contribution in [0.4, 0.5) is 0 Å². The molecule has 0 atom stereocenters. The van der Waals surface area contributed by atoms with Crippen molar-refractivity contribution in [2.75, 3.05) is 5.33 Å². The number of fused-ring (bicyclic) bond motifs is 1. The van der Waals surface area contributed by atoms with Crippen molar-refractivity contribution < 1.29 is 0 Å². The topological polar surface area (TPSA) is 0 Å². The Morgan fingerprint density at radius 2 is 1.80 bits per heavy atom. The van der Waals surface area contributed by atoms with Crippen LogP contribution < -0.4 is 0 Å². The molecule has 0 aliphatic heterocycles. The maximum absolute atomic E-state index is 3.37. The Bertz CT molecular complexity index is 512. The van der Waals surface area contributed by atoms with Gasteiger partial charge in [-0.2, -0.15) is 0 Å². The van der Waals surface area contributed by atoms with Crippen LogP contribution in [0.5, 0.6) is 0 Å². The molecule has 0 bridgehead atoms. The molecule has 0 spiro atoms. The minimum atomic E-state index is 0.892. The zero-order valence-corrected chi connectivity index (χ0v) is 9.92. The van der Waals surface area contributed by atoms with Gasteiger partial charge in [0.25, 0.3) is 0 Å². The Labute approximate surface area is 98.4 Å². The van der Waals surface area contributed by atoms with Crippen molar-refractivity contribution >= 4 is 26.7 Å². The predicted octanol–water partition coefficient (Wildman–Crippen LogP) is 3.98. The van der Waals surface area contributed by atoms with E-state index in [9.17, 15) is 0 Å². The summed E-state index contributed by atoms with van der Waals surface area (Å²) in [6.07, 6.45) is 0.892. The minimum absolute atomic E-state index is 0.892. The second-order valence-electron chi connectivity index (χ2n) is 3.27. The molecule has 0 saturated carbocycles. The van der Waals surface area contributed by atoms with E-state index in [-0.39, 0.29) is 0 Å². The molecule has 74 valence electrons. The lowest BCUT2D eigenvalue weighted by atomic mass is 10.1. The third-order valence-electron chi connectivity index (χ3n) is 2.23. The van der Waals surface area contributed by atoms with E-state index >= 15 is 0 Å². The summed E-state index contributed by atoms with van der Waals surface area (Å²) in [4.78, 5) is 0. The molecular weight excluding hydrogens is 248 g/mol. The number of benzene rings is 2. The van der Waals surface area contributed by atoms with Gasteiger partial charge in [-0.05, 0) is 16.8 Å². The van der Waals surface area contributed by atoms with Gasteiger partial charge in [-0.25, -0.2) is 0 Å². The van der Waals surface area contributed by atoms with Crippen LogP contribution in [0.3, 0.4) is 0 Å². The van der Waals surface area contributed by atoms with Crippen LogP contribution in [0.1, 0.15) is 12.0 Å². The van der Waals surface area contributed by atoms with Crippen LogP contribution in [-0.4, -0.2) is 5.33 Å². The standard InChI is InChI=1S/C14H11Br/c15-11-4-3-7-13-9-5-8-12-6-1-2-10-14(12)13/h1-2,5-6,8-10H,4,11H2. The highest BCUT2D eigenvalue weighted by atomic mass is 79.9. The summed E-state index contributed by atoms with van der Waals surface area (Å²) in [6.45, 7) is 0. The fourth-order valence-corrected chi connectivity index (χ4v) is 1.74. The normalized spacial score (nSPS) is 9.67. The number of hydrogen-bond acceptors (Lipinski definition) is 0. The van der Waals surface area contributed by atoms with E-state index in [4.69, 9.17) is 0 Å². The van der Waals surface area contributed by atoms with E-state index in [1.54, 1.807) is 0 Å². The van der Waals surface area contributed by atoms with Crippen LogP contribution in [0.2, 0.25) is 0 Å². The first-order valence-corrected chi connectivity index (χ1v) is 6.06. The van der Waals surface area contributed by atoms with Gasteiger partial charge in [0.15, 0.2) is 0 Å². The highest BCUT2D eigenvalue weighted by molar-refractivity contribution is 9.09.